The molecule has 2 aromatic carbocycles. The van der Waals surface area contributed by atoms with E-state index >= 15 is 4.39 Å². The Labute approximate surface area is 207 Å². The zero-order valence-electron chi connectivity index (χ0n) is 19.0. The van der Waals surface area contributed by atoms with Crippen molar-refractivity contribution in [3.63, 3.8) is 0 Å². The molecule has 1 unspecified atom stereocenters. The first-order chi connectivity index (χ1) is 16.9. The smallest absolute Gasteiger partial charge is 0.252 e. The Morgan fingerprint density at radius 3 is 2.60 bits per heavy atom. The van der Waals surface area contributed by atoms with Crippen LogP contribution >= 0.6 is 11.6 Å². The molecular weight excluding hydrogens is 469 g/mol. The van der Waals surface area contributed by atoms with E-state index in [0.29, 0.717) is 23.0 Å². The van der Waals surface area contributed by atoms with Crippen LogP contribution in [0.2, 0.25) is 5.02 Å². The summed E-state index contributed by atoms with van der Waals surface area (Å²) in [5, 5.41) is 23.4. The van der Waals surface area contributed by atoms with Gasteiger partial charge in [0.2, 0.25) is 0 Å². The van der Waals surface area contributed by atoms with Crippen LogP contribution in [0.4, 0.5) is 4.39 Å². The minimum atomic E-state index is -1.24. The van der Waals surface area contributed by atoms with Gasteiger partial charge in [0.15, 0.2) is 0 Å². The number of pyridine rings is 1. The fraction of sp³-hybridized carbons (Fsp3) is 0.222. The third-order valence-corrected chi connectivity index (χ3v) is 6.30. The number of halogens is 2. The Morgan fingerprint density at radius 1 is 1.14 bits per heavy atom. The number of benzene rings is 2. The van der Waals surface area contributed by atoms with Crippen molar-refractivity contribution in [3.05, 3.63) is 106 Å². The lowest BCUT2D eigenvalue weighted by molar-refractivity contribution is 0.0504. The maximum absolute atomic E-state index is 15.0. The van der Waals surface area contributed by atoms with Crippen molar-refractivity contribution in [1.29, 1.82) is 0 Å². The number of hydrogen-bond acceptors (Lipinski definition) is 5. The average Bonchev–Trinajstić information content (AvgIpc) is 3.36. The summed E-state index contributed by atoms with van der Waals surface area (Å²) in [7, 11) is 0. The number of aliphatic hydroxyl groups excluding tert-OH is 2. The van der Waals surface area contributed by atoms with E-state index < -0.39 is 36.4 Å². The lowest BCUT2D eigenvalue weighted by Gasteiger charge is -2.28. The summed E-state index contributed by atoms with van der Waals surface area (Å²) >= 11 is 5.98. The molecule has 8 heteroatoms. The number of aromatic nitrogens is 1. The second kappa shape index (κ2) is 10.9. The Hall–Kier alpha value is -3.39. The van der Waals surface area contributed by atoms with Crippen LogP contribution in [-0.2, 0) is 0 Å². The van der Waals surface area contributed by atoms with Gasteiger partial charge >= 0.3 is 0 Å². The van der Waals surface area contributed by atoms with Gasteiger partial charge in [-0.3, -0.25) is 14.8 Å². The molecule has 3 atom stereocenters. The van der Waals surface area contributed by atoms with E-state index in [1.165, 1.54) is 18.2 Å². The number of carbonyl (C=O) groups is 1. The maximum atomic E-state index is 15.0. The standard InChI is InChI=1S/C27H25ClFN3O3/c1-16(22-7-2-3-12-30-22)26(24(34)15-33)32-27(35)20-5-4-6-21(29)25(20)23-13-18(14-31-23)17-8-10-19(28)11-9-17/h2-13,16,24,26,33-34H,14-15H2,1H3,(H,32,35)/t16?,24-,26-/m1/s1. The highest BCUT2D eigenvalue weighted by molar-refractivity contribution is 6.30. The van der Waals surface area contributed by atoms with E-state index in [0.717, 1.165) is 11.1 Å². The molecule has 0 saturated carbocycles. The molecule has 1 aliphatic rings. The van der Waals surface area contributed by atoms with Gasteiger partial charge < -0.3 is 15.5 Å². The second-order valence-corrected chi connectivity index (χ2v) is 8.77. The van der Waals surface area contributed by atoms with E-state index in [1.807, 2.05) is 12.1 Å². The lowest BCUT2D eigenvalue weighted by atomic mass is 9.92. The van der Waals surface area contributed by atoms with E-state index in [2.05, 4.69) is 15.3 Å². The zero-order chi connectivity index (χ0) is 24.9. The summed E-state index contributed by atoms with van der Waals surface area (Å²) in [5.41, 5.74) is 2.95. The summed E-state index contributed by atoms with van der Waals surface area (Å²) in [5.74, 6) is -1.59. The van der Waals surface area contributed by atoms with Crippen LogP contribution in [0.25, 0.3) is 5.57 Å². The molecule has 3 aromatic rings. The minimum Gasteiger partial charge on any atom is -0.394 e. The monoisotopic (exact) mass is 493 g/mol. The Bertz CT molecular complexity index is 1260. The van der Waals surface area contributed by atoms with Crippen LogP contribution in [0.5, 0.6) is 0 Å². The quantitative estimate of drug-likeness (QED) is 0.442. The molecule has 1 aromatic heterocycles. The van der Waals surface area contributed by atoms with Gasteiger partial charge in [-0.25, -0.2) is 4.39 Å². The summed E-state index contributed by atoms with van der Waals surface area (Å²) < 4.78 is 15.0. The molecule has 0 radical (unpaired) electrons. The topological polar surface area (TPSA) is 94.8 Å². The largest absolute Gasteiger partial charge is 0.394 e. The Balaban J connectivity index is 1.63. The lowest BCUT2D eigenvalue weighted by Crippen LogP contribution is -2.48. The highest BCUT2D eigenvalue weighted by atomic mass is 35.5. The average molecular weight is 494 g/mol. The number of aliphatic imine (C=N–C) groups is 1. The van der Waals surface area contributed by atoms with Crippen molar-refractivity contribution >= 4 is 28.8 Å². The molecule has 0 spiro atoms. The zero-order valence-corrected chi connectivity index (χ0v) is 19.8. The van der Waals surface area contributed by atoms with Crippen molar-refractivity contribution in [3.8, 4) is 0 Å². The first-order valence-electron chi connectivity index (χ1n) is 11.2. The van der Waals surface area contributed by atoms with Gasteiger partial charge in [0, 0.05) is 28.4 Å². The second-order valence-electron chi connectivity index (χ2n) is 8.33. The number of amides is 1. The van der Waals surface area contributed by atoms with Crippen molar-refractivity contribution in [1.82, 2.24) is 10.3 Å². The van der Waals surface area contributed by atoms with Crippen molar-refractivity contribution in [2.45, 2.75) is 25.0 Å². The summed E-state index contributed by atoms with van der Waals surface area (Å²) in [6.07, 6.45) is 2.13. The van der Waals surface area contributed by atoms with Crippen molar-refractivity contribution < 1.29 is 19.4 Å². The third kappa shape index (κ3) is 5.48. The molecule has 6 nitrogen and oxygen atoms in total. The fourth-order valence-electron chi connectivity index (χ4n) is 4.12. The van der Waals surface area contributed by atoms with Gasteiger partial charge in [0.05, 0.1) is 36.6 Å². The van der Waals surface area contributed by atoms with Gasteiger partial charge in [-0.05, 0) is 53.6 Å². The molecule has 0 saturated heterocycles. The molecular formula is C27H25ClFN3O3. The van der Waals surface area contributed by atoms with Crippen LogP contribution < -0.4 is 5.32 Å². The van der Waals surface area contributed by atoms with Crippen LogP contribution in [-0.4, -0.2) is 52.1 Å². The molecule has 180 valence electrons. The molecule has 35 heavy (non-hydrogen) atoms. The first-order valence-corrected chi connectivity index (χ1v) is 11.6. The van der Waals surface area contributed by atoms with Gasteiger partial charge in [-0.15, -0.1) is 0 Å². The van der Waals surface area contributed by atoms with Gasteiger partial charge in [0.1, 0.15) is 5.82 Å². The van der Waals surface area contributed by atoms with Crippen LogP contribution in [0.1, 0.15) is 40.0 Å². The number of nitrogens with one attached hydrogen (secondary N) is 1. The maximum Gasteiger partial charge on any atom is 0.252 e. The van der Waals surface area contributed by atoms with E-state index in [-0.39, 0.29) is 11.1 Å². The normalized spacial score (nSPS) is 15.7. The number of hydrogen-bond donors (Lipinski definition) is 3. The molecule has 1 amide bonds. The van der Waals surface area contributed by atoms with Crippen LogP contribution in [0.15, 0.2) is 77.9 Å². The van der Waals surface area contributed by atoms with Gasteiger partial charge in [0.25, 0.3) is 5.91 Å². The predicted octanol–water partition coefficient (Wildman–Crippen LogP) is 4.02. The van der Waals surface area contributed by atoms with E-state index in [9.17, 15) is 15.0 Å². The number of nitrogens with zero attached hydrogens (tertiary/aromatic N) is 2. The highest BCUT2D eigenvalue weighted by Gasteiger charge is 2.30. The molecule has 0 fully saturated rings. The van der Waals surface area contributed by atoms with Gasteiger partial charge in [-0.1, -0.05) is 42.8 Å². The number of carbonyl (C=O) groups excluding carboxylic acids is 1. The molecule has 2 heterocycles. The van der Waals surface area contributed by atoms with Crippen LogP contribution in [0.3, 0.4) is 0 Å². The summed E-state index contributed by atoms with van der Waals surface area (Å²) in [6, 6.07) is 16.0. The number of allylic oxidation sites excluding steroid dienone is 1. The van der Waals surface area contributed by atoms with Crippen molar-refractivity contribution in [2.24, 2.45) is 4.99 Å². The highest BCUT2D eigenvalue weighted by Crippen LogP contribution is 2.26. The van der Waals surface area contributed by atoms with E-state index in [4.69, 9.17) is 11.6 Å². The SMILES string of the molecule is CC(c1ccccn1)[C@@H](NC(=O)c1cccc(F)c1C1=NCC(c2ccc(Cl)cc2)=C1)[C@H](O)CO. The van der Waals surface area contributed by atoms with Gasteiger partial charge in [-0.2, -0.15) is 0 Å². The first kappa shape index (κ1) is 24.7. The number of rotatable bonds is 8. The van der Waals surface area contributed by atoms with Crippen LogP contribution in [0, 0.1) is 5.82 Å². The third-order valence-electron chi connectivity index (χ3n) is 6.05. The molecule has 1 aliphatic heterocycles. The summed E-state index contributed by atoms with van der Waals surface area (Å²) in [4.78, 5) is 22.1. The number of aliphatic hydroxyl groups is 2. The Morgan fingerprint density at radius 2 is 1.91 bits per heavy atom. The predicted molar refractivity (Wildman–Crippen MR) is 134 cm³/mol. The fourth-order valence-corrected chi connectivity index (χ4v) is 4.24. The van der Waals surface area contributed by atoms with Crippen molar-refractivity contribution in [2.75, 3.05) is 13.2 Å². The molecule has 0 bridgehead atoms. The molecule has 3 N–H and O–H groups in total. The molecule has 4 rings (SSSR count). The molecule has 0 aliphatic carbocycles. The van der Waals surface area contributed by atoms with E-state index in [1.54, 1.807) is 49.5 Å². The summed E-state index contributed by atoms with van der Waals surface area (Å²) in [6.45, 7) is 1.58. The minimum absolute atomic E-state index is 0.0803. The Kier molecular flexibility index (Phi) is 7.70.